The van der Waals surface area contributed by atoms with Crippen molar-refractivity contribution in [2.45, 2.75) is 6.42 Å². The van der Waals surface area contributed by atoms with E-state index in [1.165, 1.54) is 7.11 Å². The average Bonchev–Trinajstić information content (AvgIpc) is 2.85. The van der Waals surface area contributed by atoms with Crippen LogP contribution in [0, 0.1) is 0 Å². The predicted octanol–water partition coefficient (Wildman–Crippen LogP) is 1.44. The number of nitrogens with one attached hydrogen (secondary N) is 1. The maximum absolute atomic E-state index is 11.5. The molecule has 2 aromatic rings. The van der Waals surface area contributed by atoms with Crippen molar-refractivity contribution < 1.29 is 9.53 Å². The lowest BCUT2D eigenvalue weighted by atomic mass is 10.1. The molecular formula is C14H18N4O2. The van der Waals surface area contributed by atoms with Gasteiger partial charge >= 0.3 is 5.97 Å². The molecule has 0 fully saturated rings. The van der Waals surface area contributed by atoms with Crippen molar-refractivity contribution >= 4 is 17.3 Å². The molecule has 0 spiro atoms. The molecule has 2 rings (SSSR count). The Morgan fingerprint density at radius 1 is 1.45 bits per heavy atom. The molecule has 0 atom stereocenters. The molecule has 1 aromatic heterocycles. The number of esters is 1. The number of hydrogen-bond donors (Lipinski definition) is 2. The molecular weight excluding hydrogens is 256 g/mol. The van der Waals surface area contributed by atoms with Crippen LogP contribution in [0.3, 0.4) is 0 Å². The van der Waals surface area contributed by atoms with Gasteiger partial charge in [-0.3, -0.25) is 4.68 Å². The van der Waals surface area contributed by atoms with Gasteiger partial charge in [0.15, 0.2) is 0 Å². The van der Waals surface area contributed by atoms with E-state index in [2.05, 4.69) is 15.2 Å². The number of aryl methyl sites for hydroxylation is 1. The summed E-state index contributed by atoms with van der Waals surface area (Å²) in [5, 5.41) is 7.50. The van der Waals surface area contributed by atoms with E-state index in [1.54, 1.807) is 22.9 Å². The molecule has 0 saturated carbocycles. The number of carbonyl (C=O) groups is 1. The van der Waals surface area contributed by atoms with E-state index in [0.29, 0.717) is 17.8 Å². The molecule has 6 nitrogen and oxygen atoms in total. The second-order valence-electron chi connectivity index (χ2n) is 4.45. The maximum Gasteiger partial charge on any atom is 0.337 e. The van der Waals surface area contributed by atoms with Crippen LogP contribution in [-0.2, 0) is 18.2 Å². The summed E-state index contributed by atoms with van der Waals surface area (Å²) in [6, 6.07) is 7.00. The fraction of sp³-hybridized carbons (Fsp3) is 0.286. The van der Waals surface area contributed by atoms with Gasteiger partial charge in [0.05, 0.1) is 29.7 Å². The van der Waals surface area contributed by atoms with Crippen LogP contribution in [0.5, 0.6) is 0 Å². The molecule has 0 amide bonds. The summed E-state index contributed by atoms with van der Waals surface area (Å²) in [5.74, 6) is -0.377. The number of nitrogens with zero attached hydrogens (tertiary/aromatic N) is 2. The Hall–Kier alpha value is -2.50. The van der Waals surface area contributed by atoms with E-state index in [9.17, 15) is 4.79 Å². The van der Waals surface area contributed by atoms with Gasteiger partial charge in [0, 0.05) is 26.2 Å². The van der Waals surface area contributed by atoms with Crippen molar-refractivity contribution in [2.24, 2.45) is 7.05 Å². The van der Waals surface area contributed by atoms with Crippen molar-refractivity contribution in [3.05, 3.63) is 41.7 Å². The highest BCUT2D eigenvalue weighted by Crippen LogP contribution is 2.20. The van der Waals surface area contributed by atoms with E-state index in [4.69, 9.17) is 5.73 Å². The lowest BCUT2D eigenvalue weighted by molar-refractivity contribution is 0.0601. The molecule has 0 aliphatic carbocycles. The van der Waals surface area contributed by atoms with Crippen LogP contribution in [-0.4, -0.2) is 29.4 Å². The molecule has 0 saturated heterocycles. The smallest absolute Gasteiger partial charge is 0.337 e. The van der Waals surface area contributed by atoms with Crippen LogP contribution >= 0.6 is 0 Å². The Kier molecular flexibility index (Phi) is 4.24. The van der Waals surface area contributed by atoms with Crippen LogP contribution in [0.2, 0.25) is 0 Å². The molecule has 0 aliphatic heterocycles. The number of hydrogen-bond acceptors (Lipinski definition) is 5. The van der Waals surface area contributed by atoms with Gasteiger partial charge in [-0.15, -0.1) is 0 Å². The lowest BCUT2D eigenvalue weighted by Gasteiger charge is -2.10. The number of aromatic nitrogens is 2. The summed E-state index contributed by atoms with van der Waals surface area (Å²) in [6.45, 7) is 0.686. The molecule has 0 radical (unpaired) electrons. The van der Waals surface area contributed by atoms with Gasteiger partial charge < -0.3 is 15.8 Å². The largest absolute Gasteiger partial charge is 0.465 e. The Morgan fingerprint density at radius 3 is 2.90 bits per heavy atom. The second-order valence-corrected chi connectivity index (χ2v) is 4.45. The normalized spacial score (nSPS) is 10.3. The molecule has 1 aromatic carbocycles. The van der Waals surface area contributed by atoms with Crippen LogP contribution in [0.15, 0.2) is 30.5 Å². The third-order valence-electron chi connectivity index (χ3n) is 2.94. The number of benzene rings is 1. The molecule has 0 bridgehead atoms. The number of ether oxygens (including phenoxy) is 1. The lowest BCUT2D eigenvalue weighted by Crippen LogP contribution is -2.09. The fourth-order valence-electron chi connectivity index (χ4n) is 1.88. The fourth-order valence-corrected chi connectivity index (χ4v) is 1.88. The number of carbonyl (C=O) groups excluding carboxylic acids is 1. The molecule has 20 heavy (non-hydrogen) atoms. The summed E-state index contributed by atoms with van der Waals surface area (Å²) >= 11 is 0. The Balaban J connectivity index is 1.99. The Labute approximate surface area is 117 Å². The minimum Gasteiger partial charge on any atom is -0.465 e. The molecule has 0 unspecified atom stereocenters. The summed E-state index contributed by atoms with van der Waals surface area (Å²) in [4.78, 5) is 11.5. The number of anilines is 2. The van der Waals surface area contributed by atoms with Gasteiger partial charge in [-0.05, 0) is 24.3 Å². The highest BCUT2D eigenvalue weighted by Gasteiger charge is 2.08. The first-order chi connectivity index (χ1) is 9.60. The third kappa shape index (κ3) is 3.28. The Morgan fingerprint density at radius 2 is 2.25 bits per heavy atom. The van der Waals surface area contributed by atoms with Crippen LogP contribution < -0.4 is 11.1 Å². The Bertz CT molecular complexity index is 607. The molecule has 6 heteroatoms. The zero-order chi connectivity index (χ0) is 14.5. The molecule has 3 N–H and O–H groups in total. The van der Waals surface area contributed by atoms with Gasteiger partial charge in [0.25, 0.3) is 0 Å². The van der Waals surface area contributed by atoms with Crippen molar-refractivity contribution in [2.75, 3.05) is 24.7 Å². The quantitative estimate of drug-likeness (QED) is 0.637. The van der Waals surface area contributed by atoms with Crippen LogP contribution in [0.4, 0.5) is 11.4 Å². The molecule has 106 valence electrons. The van der Waals surface area contributed by atoms with E-state index >= 15 is 0 Å². The number of nitrogens with two attached hydrogens (primary N) is 1. The topological polar surface area (TPSA) is 82.2 Å². The third-order valence-corrected chi connectivity index (χ3v) is 2.94. The SMILES string of the molecule is COC(=O)c1ccc(N)c(NCCc2ccn(C)n2)c1. The van der Waals surface area contributed by atoms with E-state index < -0.39 is 0 Å². The van der Waals surface area contributed by atoms with Crippen molar-refractivity contribution in [1.82, 2.24) is 9.78 Å². The first-order valence-electron chi connectivity index (χ1n) is 6.30. The first-order valence-corrected chi connectivity index (χ1v) is 6.30. The van der Waals surface area contributed by atoms with E-state index in [1.807, 2.05) is 19.3 Å². The average molecular weight is 274 g/mol. The highest BCUT2D eigenvalue weighted by atomic mass is 16.5. The monoisotopic (exact) mass is 274 g/mol. The minimum atomic E-state index is -0.377. The standard InChI is InChI=1S/C14H18N4O2/c1-18-8-6-11(17-18)5-7-16-13-9-10(14(19)20-2)3-4-12(13)15/h3-4,6,8-9,16H,5,7,15H2,1-2H3. The van der Waals surface area contributed by atoms with E-state index in [0.717, 1.165) is 17.8 Å². The van der Waals surface area contributed by atoms with Gasteiger partial charge in [-0.2, -0.15) is 5.10 Å². The molecule has 1 heterocycles. The van der Waals surface area contributed by atoms with Gasteiger partial charge in [-0.25, -0.2) is 4.79 Å². The predicted molar refractivity (Wildman–Crippen MR) is 77.6 cm³/mol. The number of nitrogen functional groups attached to an aromatic ring is 1. The first kappa shape index (κ1) is 13.9. The van der Waals surface area contributed by atoms with Gasteiger partial charge in [0.1, 0.15) is 0 Å². The van der Waals surface area contributed by atoms with Gasteiger partial charge in [-0.1, -0.05) is 0 Å². The van der Waals surface area contributed by atoms with Crippen molar-refractivity contribution in [1.29, 1.82) is 0 Å². The summed E-state index contributed by atoms with van der Waals surface area (Å²) in [7, 11) is 3.24. The zero-order valence-electron chi connectivity index (χ0n) is 11.6. The van der Waals surface area contributed by atoms with Crippen molar-refractivity contribution in [3.8, 4) is 0 Å². The summed E-state index contributed by atoms with van der Waals surface area (Å²) < 4.78 is 6.45. The zero-order valence-corrected chi connectivity index (χ0v) is 11.6. The highest BCUT2D eigenvalue weighted by molar-refractivity contribution is 5.91. The molecule has 0 aliphatic rings. The number of rotatable bonds is 5. The second kappa shape index (κ2) is 6.10. The number of methoxy groups -OCH3 is 1. The van der Waals surface area contributed by atoms with Crippen LogP contribution in [0.25, 0.3) is 0 Å². The van der Waals surface area contributed by atoms with Crippen molar-refractivity contribution in [3.63, 3.8) is 0 Å². The van der Waals surface area contributed by atoms with Gasteiger partial charge in [0.2, 0.25) is 0 Å². The maximum atomic E-state index is 11.5. The summed E-state index contributed by atoms with van der Waals surface area (Å²) in [6.07, 6.45) is 2.68. The minimum absolute atomic E-state index is 0.377. The van der Waals surface area contributed by atoms with E-state index in [-0.39, 0.29) is 5.97 Å². The summed E-state index contributed by atoms with van der Waals surface area (Å²) in [5.41, 5.74) is 8.68. The van der Waals surface area contributed by atoms with Crippen LogP contribution in [0.1, 0.15) is 16.1 Å².